The van der Waals surface area contributed by atoms with Crippen molar-refractivity contribution in [1.82, 2.24) is 0 Å². The van der Waals surface area contributed by atoms with Gasteiger partial charge in [-0.15, -0.1) is 0 Å². The van der Waals surface area contributed by atoms with Crippen LogP contribution in [0.4, 0.5) is 0 Å². The van der Waals surface area contributed by atoms with Gasteiger partial charge >= 0.3 is 5.97 Å². The van der Waals surface area contributed by atoms with Crippen molar-refractivity contribution in [3.8, 4) is 0 Å². The third-order valence-electron chi connectivity index (χ3n) is 1.76. The number of rotatable bonds is 5. The van der Waals surface area contributed by atoms with Crippen molar-refractivity contribution in [2.75, 3.05) is 19.8 Å². The summed E-state index contributed by atoms with van der Waals surface area (Å²) in [5.41, 5.74) is 0.430. The van der Waals surface area contributed by atoms with Crippen molar-refractivity contribution in [2.45, 2.75) is 19.8 Å². The summed E-state index contributed by atoms with van der Waals surface area (Å²) in [5.74, 6) is 0.440. The summed E-state index contributed by atoms with van der Waals surface area (Å²) in [5, 5.41) is 0. The second-order valence-electron chi connectivity index (χ2n) is 3.14. The maximum absolute atomic E-state index is 11.0. The third-order valence-corrected chi connectivity index (χ3v) is 1.76. The van der Waals surface area contributed by atoms with E-state index in [2.05, 4.69) is 11.6 Å². The highest BCUT2D eigenvalue weighted by molar-refractivity contribution is 5.86. The van der Waals surface area contributed by atoms with Crippen LogP contribution in [0.25, 0.3) is 0 Å². The molecule has 0 bridgehead atoms. The van der Waals surface area contributed by atoms with E-state index in [9.17, 15) is 4.79 Å². The zero-order chi connectivity index (χ0) is 10.4. The predicted molar refractivity (Wildman–Crippen MR) is 53.3 cm³/mol. The number of hydrogen-bond acceptors (Lipinski definition) is 4. The fourth-order valence-corrected chi connectivity index (χ4v) is 1.04. The molecule has 0 atom stereocenters. The second kappa shape index (κ2) is 5.42. The van der Waals surface area contributed by atoms with Crippen molar-refractivity contribution in [3.05, 3.63) is 12.2 Å². The first-order valence-corrected chi connectivity index (χ1v) is 4.69. The molecule has 0 unspecified atom stereocenters. The van der Waals surface area contributed by atoms with Gasteiger partial charge in [-0.05, 0) is 13.3 Å². The van der Waals surface area contributed by atoms with E-state index in [4.69, 9.17) is 9.47 Å². The lowest BCUT2D eigenvalue weighted by molar-refractivity contribution is -0.139. The molecule has 0 aromatic carbocycles. The molecular weight excluding hydrogens is 182 g/mol. The Labute approximate surface area is 83.6 Å². The van der Waals surface area contributed by atoms with E-state index in [1.807, 2.05) is 0 Å². The third kappa shape index (κ3) is 3.60. The van der Waals surface area contributed by atoms with Crippen LogP contribution < -0.4 is 0 Å². The maximum atomic E-state index is 11.0. The van der Waals surface area contributed by atoms with Crippen LogP contribution in [0, 0.1) is 0 Å². The molecule has 0 saturated carbocycles. The van der Waals surface area contributed by atoms with Gasteiger partial charge in [-0.1, -0.05) is 6.58 Å². The molecule has 0 spiro atoms. The van der Waals surface area contributed by atoms with Gasteiger partial charge in [0, 0.05) is 12.0 Å². The summed E-state index contributed by atoms with van der Waals surface area (Å²) in [4.78, 5) is 15.1. The molecule has 1 aliphatic heterocycles. The van der Waals surface area contributed by atoms with Crippen LogP contribution in [0.1, 0.15) is 19.8 Å². The minimum Gasteiger partial charge on any atom is -0.479 e. The maximum Gasteiger partial charge on any atom is 0.333 e. The summed E-state index contributed by atoms with van der Waals surface area (Å²) in [7, 11) is 0. The van der Waals surface area contributed by atoms with Gasteiger partial charge in [0.1, 0.15) is 6.61 Å². The Morgan fingerprint density at radius 1 is 1.71 bits per heavy atom. The predicted octanol–water partition coefficient (Wildman–Crippen LogP) is 1.31. The number of ether oxygens (including phenoxy) is 2. The van der Waals surface area contributed by atoms with Crippen LogP contribution in [-0.2, 0) is 14.3 Å². The zero-order valence-corrected chi connectivity index (χ0v) is 8.41. The van der Waals surface area contributed by atoms with E-state index in [-0.39, 0.29) is 5.97 Å². The van der Waals surface area contributed by atoms with E-state index in [1.165, 1.54) is 0 Å². The van der Waals surface area contributed by atoms with Crippen LogP contribution >= 0.6 is 0 Å². The summed E-state index contributed by atoms with van der Waals surface area (Å²) in [6, 6.07) is 0. The van der Waals surface area contributed by atoms with E-state index in [0.29, 0.717) is 18.8 Å². The number of hydrogen-bond donors (Lipinski definition) is 0. The fraction of sp³-hybridized carbons (Fsp3) is 0.600. The van der Waals surface area contributed by atoms with Gasteiger partial charge in [0.15, 0.2) is 5.90 Å². The summed E-state index contributed by atoms with van der Waals surface area (Å²) in [6.07, 6.45) is 1.49. The Hall–Kier alpha value is -1.32. The van der Waals surface area contributed by atoms with Crippen LogP contribution in [0.5, 0.6) is 0 Å². The number of aliphatic imine (C=N–C) groups is 1. The topological polar surface area (TPSA) is 47.9 Å². The Bertz CT molecular complexity index is 254. The van der Waals surface area contributed by atoms with E-state index >= 15 is 0 Å². The van der Waals surface area contributed by atoms with Crippen LogP contribution in [0.3, 0.4) is 0 Å². The summed E-state index contributed by atoms with van der Waals surface area (Å²) < 4.78 is 10.1. The lowest BCUT2D eigenvalue weighted by atomic mass is 10.3. The lowest BCUT2D eigenvalue weighted by Gasteiger charge is -2.04. The Morgan fingerprint density at radius 3 is 3.07 bits per heavy atom. The number of nitrogens with zero attached hydrogens (tertiary/aromatic N) is 1. The van der Waals surface area contributed by atoms with Gasteiger partial charge in [0.05, 0.1) is 13.2 Å². The van der Waals surface area contributed by atoms with Crippen molar-refractivity contribution in [2.24, 2.45) is 4.99 Å². The van der Waals surface area contributed by atoms with Gasteiger partial charge in [-0.25, -0.2) is 4.79 Å². The minimum absolute atomic E-state index is 0.334. The van der Waals surface area contributed by atoms with Gasteiger partial charge in [0.25, 0.3) is 0 Å². The van der Waals surface area contributed by atoms with Crippen LogP contribution in [0.2, 0.25) is 0 Å². The standard InChI is InChI=1S/C10H15NO3/c1-8(2)10(12)14-6-3-4-9-11-5-7-13-9/h1,3-7H2,2H3. The van der Waals surface area contributed by atoms with E-state index < -0.39 is 0 Å². The smallest absolute Gasteiger partial charge is 0.333 e. The first-order valence-electron chi connectivity index (χ1n) is 4.69. The van der Waals surface area contributed by atoms with Gasteiger partial charge in [-0.3, -0.25) is 4.99 Å². The molecule has 4 heteroatoms. The molecule has 4 nitrogen and oxygen atoms in total. The minimum atomic E-state index is -0.334. The van der Waals surface area contributed by atoms with E-state index in [0.717, 1.165) is 25.3 Å². The monoisotopic (exact) mass is 197 g/mol. The summed E-state index contributed by atoms with van der Waals surface area (Å²) in [6.45, 7) is 6.95. The average Bonchev–Trinajstić information content (AvgIpc) is 2.64. The zero-order valence-electron chi connectivity index (χ0n) is 8.41. The van der Waals surface area contributed by atoms with Gasteiger partial charge in [0.2, 0.25) is 0 Å². The normalized spacial score (nSPS) is 14.5. The van der Waals surface area contributed by atoms with Crippen LogP contribution in [0.15, 0.2) is 17.1 Å². The lowest BCUT2D eigenvalue weighted by Crippen LogP contribution is -2.08. The SMILES string of the molecule is C=C(C)C(=O)OCCCC1=NCCO1. The number of esters is 1. The van der Waals surface area contributed by atoms with Crippen molar-refractivity contribution in [3.63, 3.8) is 0 Å². The number of carbonyl (C=O) groups excluding carboxylic acids is 1. The fourth-order valence-electron chi connectivity index (χ4n) is 1.04. The molecule has 0 N–H and O–H groups in total. The molecule has 0 aliphatic carbocycles. The molecule has 0 saturated heterocycles. The molecule has 1 aliphatic rings. The Morgan fingerprint density at radius 2 is 2.50 bits per heavy atom. The van der Waals surface area contributed by atoms with Crippen molar-refractivity contribution >= 4 is 11.9 Å². The highest BCUT2D eigenvalue weighted by Crippen LogP contribution is 2.02. The molecule has 0 amide bonds. The Kier molecular flexibility index (Phi) is 4.16. The highest BCUT2D eigenvalue weighted by atomic mass is 16.5. The molecule has 1 rings (SSSR count). The first kappa shape index (κ1) is 10.8. The van der Waals surface area contributed by atoms with Crippen molar-refractivity contribution in [1.29, 1.82) is 0 Å². The number of carbonyl (C=O) groups is 1. The van der Waals surface area contributed by atoms with Gasteiger partial charge < -0.3 is 9.47 Å². The highest BCUT2D eigenvalue weighted by Gasteiger charge is 2.07. The molecule has 0 radical (unpaired) electrons. The van der Waals surface area contributed by atoms with Crippen LogP contribution in [-0.4, -0.2) is 31.6 Å². The molecule has 78 valence electrons. The second-order valence-corrected chi connectivity index (χ2v) is 3.14. The molecule has 0 fully saturated rings. The Balaban J connectivity index is 2.04. The molecule has 0 aromatic rings. The van der Waals surface area contributed by atoms with Gasteiger partial charge in [-0.2, -0.15) is 0 Å². The molecule has 1 heterocycles. The average molecular weight is 197 g/mol. The van der Waals surface area contributed by atoms with Crippen molar-refractivity contribution < 1.29 is 14.3 Å². The largest absolute Gasteiger partial charge is 0.479 e. The quantitative estimate of drug-likeness (QED) is 0.379. The first-order chi connectivity index (χ1) is 6.70. The molecular formula is C10H15NO3. The van der Waals surface area contributed by atoms with E-state index in [1.54, 1.807) is 6.92 Å². The summed E-state index contributed by atoms with van der Waals surface area (Å²) >= 11 is 0. The molecule has 14 heavy (non-hydrogen) atoms. The molecule has 0 aromatic heterocycles.